The van der Waals surface area contributed by atoms with Gasteiger partial charge in [-0.1, -0.05) is 12.1 Å². The van der Waals surface area contributed by atoms with Crippen molar-refractivity contribution in [1.82, 2.24) is 5.43 Å². The number of hydrogen-bond donors (Lipinski definition) is 3. The van der Waals surface area contributed by atoms with E-state index in [1.54, 1.807) is 18.2 Å². The van der Waals surface area contributed by atoms with Gasteiger partial charge in [0.1, 0.15) is 17.4 Å². The molecule has 2 aromatic rings. The van der Waals surface area contributed by atoms with E-state index in [1.807, 2.05) is 0 Å². The van der Waals surface area contributed by atoms with Crippen molar-refractivity contribution in [2.45, 2.75) is 0 Å². The lowest BCUT2D eigenvalue weighted by Crippen LogP contribution is -2.24. The lowest BCUT2D eigenvalue weighted by atomic mass is 10.2. The predicted octanol–water partition coefficient (Wildman–Crippen LogP) is 2.99. The van der Waals surface area contributed by atoms with Gasteiger partial charge in [-0.3, -0.25) is 5.43 Å². The van der Waals surface area contributed by atoms with E-state index in [9.17, 15) is 13.9 Å². The quantitative estimate of drug-likeness (QED) is 0.463. The van der Waals surface area contributed by atoms with Crippen LogP contribution in [0.25, 0.3) is 0 Å². The minimum absolute atomic E-state index is 0.0339. The van der Waals surface area contributed by atoms with Crippen LogP contribution >= 0.6 is 12.2 Å². The van der Waals surface area contributed by atoms with Crippen LogP contribution in [0.15, 0.2) is 47.6 Å². The van der Waals surface area contributed by atoms with Gasteiger partial charge in [-0.2, -0.15) is 5.10 Å². The van der Waals surface area contributed by atoms with E-state index in [-0.39, 0.29) is 16.5 Å². The van der Waals surface area contributed by atoms with E-state index in [2.05, 4.69) is 15.8 Å². The third-order valence-electron chi connectivity index (χ3n) is 2.49. The van der Waals surface area contributed by atoms with E-state index in [4.69, 9.17) is 12.2 Å². The zero-order valence-corrected chi connectivity index (χ0v) is 11.5. The maximum atomic E-state index is 13.4. The maximum absolute atomic E-state index is 13.4. The van der Waals surface area contributed by atoms with Crippen molar-refractivity contribution < 1.29 is 13.9 Å². The number of phenols is 1. The summed E-state index contributed by atoms with van der Waals surface area (Å²) in [6.07, 6.45) is 1.37. The van der Waals surface area contributed by atoms with Gasteiger partial charge < -0.3 is 10.4 Å². The van der Waals surface area contributed by atoms with Gasteiger partial charge in [-0.25, -0.2) is 8.78 Å². The number of phenolic OH excluding ortho intramolecular Hbond substituents is 1. The predicted molar refractivity (Wildman–Crippen MR) is 81.4 cm³/mol. The second kappa shape index (κ2) is 6.76. The molecule has 0 aliphatic carbocycles. The van der Waals surface area contributed by atoms with Crippen LogP contribution in [0, 0.1) is 11.6 Å². The molecule has 108 valence electrons. The van der Waals surface area contributed by atoms with Crippen LogP contribution in [0.2, 0.25) is 0 Å². The SMILES string of the molecule is Oc1ccccc1C=NNC(=S)Nc1ccc(F)cc1F. The van der Waals surface area contributed by atoms with Crippen LogP contribution in [0.5, 0.6) is 5.75 Å². The van der Waals surface area contributed by atoms with E-state index in [0.29, 0.717) is 5.56 Å². The first kappa shape index (κ1) is 14.9. The summed E-state index contributed by atoms with van der Waals surface area (Å²) < 4.78 is 26.1. The Labute approximate surface area is 125 Å². The van der Waals surface area contributed by atoms with Crippen molar-refractivity contribution in [3.63, 3.8) is 0 Å². The molecule has 0 saturated heterocycles. The number of nitrogens with zero attached hydrogens (tertiary/aromatic N) is 1. The zero-order chi connectivity index (χ0) is 15.2. The molecule has 0 aliphatic heterocycles. The molecule has 0 heterocycles. The smallest absolute Gasteiger partial charge is 0.191 e. The topological polar surface area (TPSA) is 56.7 Å². The molecule has 2 rings (SSSR count). The molecule has 0 radical (unpaired) electrons. The molecule has 2 aromatic carbocycles. The number of anilines is 1. The van der Waals surface area contributed by atoms with Gasteiger partial charge in [-0.05, 0) is 36.5 Å². The summed E-state index contributed by atoms with van der Waals surface area (Å²) in [7, 11) is 0. The second-order valence-electron chi connectivity index (χ2n) is 4.01. The average Bonchev–Trinajstić information content (AvgIpc) is 2.44. The highest BCUT2D eigenvalue weighted by Crippen LogP contribution is 2.15. The van der Waals surface area contributed by atoms with Crippen molar-refractivity contribution in [3.05, 3.63) is 59.7 Å². The number of para-hydroxylation sites is 1. The summed E-state index contributed by atoms with van der Waals surface area (Å²) in [4.78, 5) is 0. The highest BCUT2D eigenvalue weighted by Gasteiger charge is 2.04. The number of rotatable bonds is 3. The molecule has 0 amide bonds. The third-order valence-corrected chi connectivity index (χ3v) is 2.68. The molecule has 0 bridgehead atoms. The van der Waals surface area contributed by atoms with Crippen LogP contribution in [0.3, 0.4) is 0 Å². The van der Waals surface area contributed by atoms with Gasteiger partial charge in [0.15, 0.2) is 5.11 Å². The lowest BCUT2D eigenvalue weighted by molar-refractivity contribution is 0.474. The Kier molecular flexibility index (Phi) is 4.78. The fraction of sp³-hybridized carbons (Fsp3) is 0. The molecular formula is C14H11F2N3OS. The summed E-state index contributed by atoms with van der Waals surface area (Å²) in [5.74, 6) is -1.36. The normalized spacial score (nSPS) is 10.6. The minimum atomic E-state index is -0.760. The van der Waals surface area contributed by atoms with Crippen LogP contribution < -0.4 is 10.7 Å². The molecule has 0 atom stereocenters. The monoisotopic (exact) mass is 307 g/mol. The Bertz CT molecular complexity index is 692. The second-order valence-corrected chi connectivity index (χ2v) is 4.42. The summed E-state index contributed by atoms with van der Waals surface area (Å²) >= 11 is 4.92. The Morgan fingerprint density at radius 1 is 1.19 bits per heavy atom. The van der Waals surface area contributed by atoms with Crippen molar-refractivity contribution in [2.75, 3.05) is 5.32 Å². The molecule has 0 aliphatic rings. The molecule has 21 heavy (non-hydrogen) atoms. The van der Waals surface area contributed by atoms with E-state index < -0.39 is 11.6 Å². The molecule has 0 aromatic heterocycles. The standard InChI is InChI=1S/C14H11F2N3OS/c15-10-5-6-12(11(16)7-10)18-14(21)19-17-8-9-3-1-2-4-13(9)20/h1-8,20H,(H2,18,19,21). The third kappa shape index (κ3) is 4.22. The highest BCUT2D eigenvalue weighted by atomic mass is 32.1. The Morgan fingerprint density at radius 2 is 1.95 bits per heavy atom. The molecular weight excluding hydrogens is 296 g/mol. The van der Waals surface area contributed by atoms with Crippen molar-refractivity contribution in [3.8, 4) is 5.75 Å². The van der Waals surface area contributed by atoms with Gasteiger partial charge in [0.05, 0.1) is 11.9 Å². The average molecular weight is 307 g/mol. The van der Waals surface area contributed by atoms with E-state index in [1.165, 1.54) is 18.3 Å². The summed E-state index contributed by atoms with van der Waals surface area (Å²) in [5.41, 5.74) is 3.00. The Morgan fingerprint density at radius 3 is 2.67 bits per heavy atom. The van der Waals surface area contributed by atoms with Gasteiger partial charge in [-0.15, -0.1) is 0 Å². The van der Waals surface area contributed by atoms with Gasteiger partial charge >= 0.3 is 0 Å². The van der Waals surface area contributed by atoms with E-state index in [0.717, 1.165) is 12.1 Å². The number of nitrogens with one attached hydrogen (secondary N) is 2. The number of halogens is 2. The van der Waals surface area contributed by atoms with Gasteiger partial charge in [0.2, 0.25) is 0 Å². The highest BCUT2D eigenvalue weighted by molar-refractivity contribution is 7.80. The molecule has 0 fully saturated rings. The number of aromatic hydroxyl groups is 1. The van der Waals surface area contributed by atoms with Gasteiger partial charge in [0.25, 0.3) is 0 Å². The van der Waals surface area contributed by atoms with Crippen LogP contribution in [-0.4, -0.2) is 16.4 Å². The summed E-state index contributed by atoms with van der Waals surface area (Å²) in [5, 5.41) is 15.9. The number of hydrogen-bond acceptors (Lipinski definition) is 3. The molecule has 0 spiro atoms. The minimum Gasteiger partial charge on any atom is -0.507 e. The van der Waals surface area contributed by atoms with Crippen LogP contribution in [0.4, 0.5) is 14.5 Å². The first-order valence-electron chi connectivity index (χ1n) is 5.89. The van der Waals surface area contributed by atoms with Crippen LogP contribution in [-0.2, 0) is 0 Å². The number of thiocarbonyl (C=S) groups is 1. The fourth-order valence-corrected chi connectivity index (χ4v) is 1.66. The van der Waals surface area contributed by atoms with Gasteiger partial charge in [0, 0.05) is 11.6 Å². The molecule has 0 unspecified atom stereocenters. The zero-order valence-electron chi connectivity index (χ0n) is 10.7. The lowest BCUT2D eigenvalue weighted by Gasteiger charge is -2.07. The largest absolute Gasteiger partial charge is 0.507 e. The van der Waals surface area contributed by atoms with Crippen molar-refractivity contribution >= 4 is 29.2 Å². The first-order chi connectivity index (χ1) is 10.1. The maximum Gasteiger partial charge on any atom is 0.191 e. The Hall–Kier alpha value is -2.54. The summed E-state index contributed by atoms with van der Waals surface area (Å²) in [6, 6.07) is 9.69. The molecule has 4 nitrogen and oxygen atoms in total. The fourth-order valence-electron chi connectivity index (χ4n) is 1.50. The molecule has 0 saturated carbocycles. The first-order valence-corrected chi connectivity index (χ1v) is 6.30. The van der Waals surface area contributed by atoms with E-state index >= 15 is 0 Å². The Balaban J connectivity index is 1.95. The number of benzene rings is 2. The van der Waals surface area contributed by atoms with Crippen LogP contribution in [0.1, 0.15) is 5.56 Å². The summed E-state index contributed by atoms with van der Waals surface area (Å²) in [6.45, 7) is 0. The number of hydrazone groups is 1. The molecule has 7 heteroatoms. The molecule has 3 N–H and O–H groups in total. The van der Waals surface area contributed by atoms with Crippen molar-refractivity contribution in [1.29, 1.82) is 0 Å². The van der Waals surface area contributed by atoms with Crippen molar-refractivity contribution in [2.24, 2.45) is 5.10 Å².